The number of hydrogen-bond acceptors (Lipinski definition) is 4. The minimum Gasteiger partial charge on any atom is -0.475 e. The van der Waals surface area contributed by atoms with Gasteiger partial charge in [-0.25, -0.2) is 4.79 Å². The molecular formula is C26H19F3N4O3. The second-order valence-corrected chi connectivity index (χ2v) is 7.77. The molecule has 5 rings (SSSR count). The predicted octanol–water partition coefficient (Wildman–Crippen LogP) is 4.93. The first kappa shape index (κ1) is 24.4. The molecule has 182 valence electrons. The average molecular weight is 492 g/mol. The molecule has 1 amide bonds. The molecule has 4 aromatic rings. The SMILES string of the molecule is O=C(O)C(F)(F)F.O=C1Cc2ccccc2C(=Cc2ccc3c(/C=C/c4ccncc4)n[nH]c3c2)N1. The summed E-state index contributed by atoms with van der Waals surface area (Å²) in [6, 6.07) is 18.0. The van der Waals surface area contributed by atoms with Crippen LogP contribution in [0.2, 0.25) is 0 Å². The van der Waals surface area contributed by atoms with Gasteiger partial charge in [-0.15, -0.1) is 0 Å². The van der Waals surface area contributed by atoms with Gasteiger partial charge in [0, 0.05) is 29.0 Å². The molecule has 1 aliphatic heterocycles. The topological polar surface area (TPSA) is 108 Å². The fourth-order valence-electron chi connectivity index (χ4n) is 3.58. The van der Waals surface area contributed by atoms with Gasteiger partial charge in [-0.2, -0.15) is 18.3 Å². The zero-order valence-electron chi connectivity index (χ0n) is 18.6. The van der Waals surface area contributed by atoms with Crippen molar-refractivity contribution in [3.63, 3.8) is 0 Å². The summed E-state index contributed by atoms with van der Waals surface area (Å²) < 4.78 is 31.7. The fourth-order valence-corrected chi connectivity index (χ4v) is 3.58. The van der Waals surface area contributed by atoms with Crippen molar-refractivity contribution in [3.05, 3.63) is 94.9 Å². The zero-order valence-corrected chi connectivity index (χ0v) is 18.6. The van der Waals surface area contributed by atoms with Crippen LogP contribution in [0.5, 0.6) is 0 Å². The fraction of sp³-hybridized carbons (Fsp3) is 0.0769. The summed E-state index contributed by atoms with van der Waals surface area (Å²) in [5.41, 5.74) is 6.85. The third-order valence-electron chi connectivity index (χ3n) is 5.24. The predicted molar refractivity (Wildman–Crippen MR) is 129 cm³/mol. The molecular weight excluding hydrogens is 473 g/mol. The van der Waals surface area contributed by atoms with Gasteiger partial charge in [-0.1, -0.05) is 36.4 Å². The van der Waals surface area contributed by atoms with E-state index < -0.39 is 12.1 Å². The highest BCUT2D eigenvalue weighted by molar-refractivity contribution is 5.99. The van der Waals surface area contributed by atoms with E-state index in [4.69, 9.17) is 9.90 Å². The number of carboxylic acids is 1. The molecule has 0 saturated heterocycles. The Hall–Kier alpha value is -4.73. The standard InChI is InChI=1S/C24H18N4O.C2HF3O2/c29-24-15-18-3-1-2-4-19(18)22(26-24)13-17-5-7-20-21(27-28-23(20)14-17)8-6-16-9-11-25-12-10-16;3-2(4,5)1(6)7/h1-14H,15H2,(H,26,29)(H,27,28);(H,6,7)/b8-6+,22-13?;. The monoisotopic (exact) mass is 492 g/mol. The van der Waals surface area contributed by atoms with Crippen molar-refractivity contribution in [2.45, 2.75) is 12.6 Å². The first-order valence-corrected chi connectivity index (χ1v) is 10.7. The number of carbonyl (C=O) groups is 2. The Morgan fingerprint density at radius 1 is 1.00 bits per heavy atom. The lowest BCUT2D eigenvalue weighted by Crippen LogP contribution is -2.29. The van der Waals surface area contributed by atoms with Crippen LogP contribution in [0.25, 0.3) is 34.8 Å². The molecule has 36 heavy (non-hydrogen) atoms. The van der Waals surface area contributed by atoms with Crippen LogP contribution in [0, 0.1) is 0 Å². The number of nitrogens with zero attached hydrogens (tertiary/aromatic N) is 2. The van der Waals surface area contributed by atoms with Gasteiger partial charge < -0.3 is 10.4 Å². The number of alkyl halides is 3. The van der Waals surface area contributed by atoms with E-state index in [1.54, 1.807) is 12.4 Å². The van der Waals surface area contributed by atoms with Crippen LogP contribution in [0.15, 0.2) is 67.0 Å². The molecule has 0 radical (unpaired) electrons. The summed E-state index contributed by atoms with van der Waals surface area (Å²) in [6.07, 6.45) is 4.88. The van der Waals surface area contributed by atoms with Crippen LogP contribution in [-0.2, 0) is 16.0 Å². The van der Waals surface area contributed by atoms with Crippen LogP contribution in [0.4, 0.5) is 13.2 Å². The number of aliphatic carboxylic acids is 1. The highest BCUT2D eigenvalue weighted by Crippen LogP contribution is 2.26. The Kier molecular flexibility index (Phi) is 6.95. The first-order chi connectivity index (χ1) is 17.2. The molecule has 0 aliphatic carbocycles. The van der Waals surface area contributed by atoms with Crippen LogP contribution >= 0.6 is 0 Å². The zero-order chi connectivity index (χ0) is 25.7. The number of carboxylic acid groups (broad SMARTS) is 1. The minimum atomic E-state index is -5.08. The van der Waals surface area contributed by atoms with Crippen LogP contribution in [0.3, 0.4) is 0 Å². The number of amides is 1. The number of aromatic nitrogens is 3. The largest absolute Gasteiger partial charge is 0.490 e. The van der Waals surface area contributed by atoms with Gasteiger partial charge in [-0.05, 0) is 53.1 Å². The molecule has 0 fully saturated rings. The van der Waals surface area contributed by atoms with E-state index in [1.807, 2.05) is 72.8 Å². The van der Waals surface area contributed by atoms with Crippen molar-refractivity contribution in [2.24, 2.45) is 0 Å². The molecule has 0 saturated carbocycles. The summed E-state index contributed by atoms with van der Waals surface area (Å²) in [6.45, 7) is 0. The van der Waals surface area contributed by atoms with Gasteiger partial charge in [-0.3, -0.25) is 14.9 Å². The number of pyridine rings is 1. The Morgan fingerprint density at radius 2 is 1.72 bits per heavy atom. The quantitative estimate of drug-likeness (QED) is 0.376. The van der Waals surface area contributed by atoms with Crippen molar-refractivity contribution in [1.82, 2.24) is 20.5 Å². The van der Waals surface area contributed by atoms with E-state index in [-0.39, 0.29) is 5.91 Å². The van der Waals surface area contributed by atoms with Crippen LogP contribution in [0.1, 0.15) is 27.9 Å². The lowest BCUT2D eigenvalue weighted by molar-refractivity contribution is -0.192. The van der Waals surface area contributed by atoms with Gasteiger partial charge in [0.15, 0.2) is 0 Å². The number of hydrogen-bond donors (Lipinski definition) is 3. The Bertz CT molecular complexity index is 1470. The Labute approximate surface area is 203 Å². The maximum absolute atomic E-state index is 12.1. The van der Waals surface area contributed by atoms with Gasteiger partial charge in [0.05, 0.1) is 17.6 Å². The molecule has 0 atom stereocenters. The second kappa shape index (κ2) is 10.3. The van der Waals surface area contributed by atoms with E-state index in [9.17, 15) is 18.0 Å². The number of aromatic amines is 1. The van der Waals surface area contributed by atoms with E-state index >= 15 is 0 Å². The van der Waals surface area contributed by atoms with Gasteiger partial charge in [0.1, 0.15) is 0 Å². The van der Waals surface area contributed by atoms with Gasteiger partial charge in [0.2, 0.25) is 5.91 Å². The molecule has 2 aromatic carbocycles. The summed E-state index contributed by atoms with van der Waals surface area (Å²) in [5.74, 6) is -2.74. The van der Waals surface area contributed by atoms with Gasteiger partial charge >= 0.3 is 12.1 Å². The number of halogens is 3. The van der Waals surface area contributed by atoms with Gasteiger partial charge in [0.25, 0.3) is 0 Å². The number of benzene rings is 2. The molecule has 1 aliphatic rings. The van der Waals surface area contributed by atoms with Crippen molar-refractivity contribution in [3.8, 4) is 0 Å². The van der Waals surface area contributed by atoms with E-state index in [1.165, 1.54) is 0 Å². The Morgan fingerprint density at radius 3 is 2.44 bits per heavy atom. The number of nitrogens with one attached hydrogen (secondary N) is 2. The number of H-pyrrole nitrogens is 1. The molecule has 3 N–H and O–H groups in total. The Balaban J connectivity index is 0.000000384. The molecule has 0 bridgehead atoms. The molecule has 7 nitrogen and oxygen atoms in total. The van der Waals surface area contributed by atoms with E-state index in [2.05, 4.69) is 20.5 Å². The maximum Gasteiger partial charge on any atom is 0.490 e. The lowest BCUT2D eigenvalue weighted by atomic mass is 9.96. The maximum atomic E-state index is 12.1. The van der Waals surface area contributed by atoms with E-state index in [0.717, 1.165) is 44.5 Å². The third kappa shape index (κ3) is 5.84. The molecule has 10 heteroatoms. The lowest BCUT2D eigenvalue weighted by Gasteiger charge is -2.19. The highest BCUT2D eigenvalue weighted by Gasteiger charge is 2.38. The summed E-state index contributed by atoms with van der Waals surface area (Å²) in [4.78, 5) is 25.0. The highest BCUT2D eigenvalue weighted by atomic mass is 19.4. The molecule has 0 spiro atoms. The molecule has 2 aromatic heterocycles. The normalized spacial score (nSPS) is 14.3. The smallest absolute Gasteiger partial charge is 0.475 e. The summed E-state index contributed by atoms with van der Waals surface area (Å²) in [7, 11) is 0. The summed E-state index contributed by atoms with van der Waals surface area (Å²) >= 11 is 0. The minimum absolute atomic E-state index is 0.0149. The average Bonchev–Trinajstić information content (AvgIpc) is 3.25. The van der Waals surface area contributed by atoms with Crippen molar-refractivity contribution >= 4 is 46.7 Å². The molecule has 3 heterocycles. The third-order valence-corrected chi connectivity index (χ3v) is 5.24. The first-order valence-electron chi connectivity index (χ1n) is 10.7. The summed E-state index contributed by atoms with van der Waals surface area (Å²) in [5, 5.41) is 18.7. The second-order valence-electron chi connectivity index (χ2n) is 7.77. The van der Waals surface area contributed by atoms with Crippen molar-refractivity contribution < 1.29 is 27.9 Å². The van der Waals surface area contributed by atoms with Crippen molar-refractivity contribution in [2.75, 3.05) is 0 Å². The number of fused-ring (bicyclic) bond motifs is 2. The molecule has 0 unspecified atom stereocenters. The van der Waals surface area contributed by atoms with Crippen molar-refractivity contribution in [1.29, 1.82) is 0 Å². The number of rotatable bonds is 3. The van der Waals surface area contributed by atoms with Crippen LogP contribution < -0.4 is 5.32 Å². The van der Waals surface area contributed by atoms with Crippen LogP contribution in [-0.4, -0.2) is 38.3 Å². The van der Waals surface area contributed by atoms with E-state index in [0.29, 0.717) is 6.42 Å². The number of carbonyl (C=O) groups excluding carboxylic acids is 1.